The zero-order valence-corrected chi connectivity index (χ0v) is 8.86. The van der Waals surface area contributed by atoms with Crippen LogP contribution in [0.25, 0.3) is 0 Å². The summed E-state index contributed by atoms with van der Waals surface area (Å²) < 4.78 is 26.3. The summed E-state index contributed by atoms with van der Waals surface area (Å²) in [6.07, 6.45) is -0.707. The maximum atomic E-state index is 11.0. The lowest BCUT2D eigenvalue weighted by Gasteiger charge is -2.21. The first kappa shape index (κ1) is 11.2. The summed E-state index contributed by atoms with van der Waals surface area (Å²) in [5, 5.41) is 0. The highest BCUT2D eigenvalue weighted by Crippen LogP contribution is 2.41. The van der Waals surface area contributed by atoms with Crippen LogP contribution in [0.4, 0.5) is 0 Å². The van der Waals surface area contributed by atoms with E-state index in [0.29, 0.717) is 6.61 Å². The highest BCUT2D eigenvalue weighted by Gasteiger charge is 2.38. The van der Waals surface area contributed by atoms with Crippen LogP contribution >= 0.6 is 7.60 Å². The molecule has 1 rings (SSSR count). The Labute approximate surface area is 78.3 Å². The number of methoxy groups -OCH3 is 1. The second kappa shape index (κ2) is 4.11. The van der Waals surface area contributed by atoms with Crippen LogP contribution < -0.4 is 0 Å². The zero-order chi connectivity index (χ0) is 10.1. The Morgan fingerprint density at radius 2 is 2.31 bits per heavy atom. The van der Waals surface area contributed by atoms with E-state index in [9.17, 15) is 4.57 Å². The van der Waals surface area contributed by atoms with E-state index >= 15 is 0 Å². The summed E-state index contributed by atoms with van der Waals surface area (Å²) >= 11 is 0. The first-order chi connectivity index (χ1) is 5.94. The minimum absolute atomic E-state index is 0.203. The quantitative estimate of drug-likeness (QED) is 0.485. The molecule has 0 spiro atoms. The molecule has 7 heteroatoms. The van der Waals surface area contributed by atoms with Gasteiger partial charge in [-0.3, -0.25) is 4.57 Å². The molecule has 0 saturated carbocycles. The Balaban J connectivity index is 2.60. The van der Waals surface area contributed by atoms with Crippen molar-refractivity contribution in [1.29, 1.82) is 0 Å². The first-order valence-electron chi connectivity index (χ1n) is 4.07. The fourth-order valence-electron chi connectivity index (χ4n) is 1.32. The fraction of sp³-hybridized carbons (Fsp3) is 1.00. The van der Waals surface area contributed by atoms with Gasteiger partial charge >= 0.3 is 7.60 Å². The molecule has 1 fully saturated rings. The van der Waals surface area contributed by atoms with Gasteiger partial charge in [0.25, 0.3) is 0 Å². The predicted molar refractivity (Wildman–Crippen MR) is 49.7 cm³/mol. The minimum Gasteiger partial charge on any atom is -0.382 e. The molecule has 1 saturated heterocycles. The van der Waals surface area contributed by atoms with E-state index in [0.717, 1.165) is 6.66 Å². The molecule has 0 aromatic rings. The summed E-state index contributed by atoms with van der Waals surface area (Å²) in [6.45, 7) is 1.56. The van der Waals surface area contributed by atoms with Crippen LogP contribution in [0.15, 0.2) is 0 Å². The van der Waals surface area contributed by atoms with Crippen molar-refractivity contribution >= 4 is 15.4 Å². The minimum atomic E-state index is -3.46. The molecule has 0 radical (unpaired) electrons. The molecule has 0 amide bonds. The van der Waals surface area contributed by atoms with Crippen LogP contribution in [0, 0.1) is 0 Å². The second-order valence-corrected chi connectivity index (χ2v) is 5.00. The molecule has 1 N–H and O–H groups in total. The molecule has 0 bridgehead atoms. The van der Waals surface area contributed by atoms with Gasteiger partial charge < -0.3 is 18.9 Å². The number of hydrogen-bond acceptors (Lipinski definition) is 4. The summed E-state index contributed by atoms with van der Waals surface area (Å²) in [6, 6.07) is -0.203. The van der Waals surface area contributed by atoms with Gasteiger partial charge in [0, 0.05) is 13.8 Å². The van der Waals surface area contributed by atoms with Crippen molar-refractivity contribution in [2.24, 2.45) is 0 Å². The maximum Gasteiger partial charge on any atom is 0.325 e. The molecule has 2 unspecified atom stereocenters. The van der Waals surface area contributed by atoms with Crippen molar-refractivity contribution < 1.29 is 23.5 Å². The Morgan fingerprint density at radius 1 is 1.69 bits per heavy atom. The molecule has 4 atom stereocenters. The van der Waals surface area contributed by atoms with Gasteiger partial charge in [0.15, 0.2) is 0 Å². The summed E-state index contributed by atoms with van der Waals surface area (Å²) in [4.78, 5) is 9.03. The molecule has 0 aliphatic carbocycles. The highest BCUT2D eigenvalue weighted by molar-refractivity contribution is 7.51. The van der Waals surface area contributed by atoms with Crippen molar-refractivity contribution in [1.82, 2.24) is 0 Å². The number of hydrogen-bond donors (Lipinski definition) is 1. The van der Waals surface area contributed by atoms with E-state index in [1.807, 2.05) is 0 Å². The van der Waals surface area contributed by atoms with Crippen LogP contribution in [-0.2, 0) is 18.6 Å². The lowest BCUT2D eigenvalue weighted by molar-refractivity contribution is 0.0263. The van der Waals surface area contributed by atoms with Crippen LogP contribution in [0.5, 0.6) is 0 Å². The smallest absolute Gasteiger partial charge is 0.325 e. The molecule has 13 heavy (non-hydrogen) atoms. The van der Waals surface area contributed by atoms with Gasteiger partial charge in [0.1, 0.15) is 20.1 Å². The molecule has 0 aromatic heterocycles. The van der Waals surface area contributed by atoms with Gasteiger partial charge in [-0.05, 0) is 0 Å². The summed E-state index contributed by atoms with van der Waals surface area (Å²) in [5.41, 5.74) is 0. The van der Waals surface area contributed by atoms with E-state index < -0.39 is 13.7 Å². The molecule has 0 aromatic carbocycles. The third-order valence-electron chi connectivity index (χ3n) is 1.97. The molecule has 1 aliphatic heterocycles. The second-order valence-electron chi connectivity index (χ2n) is 3.19. The topological polar surface area (TPSA) is 65.0 Å². The molecule has 5 nitrogen and oxygen atoms in total. The summed E-state index contributed by atoms with van der Waals surface area (Å²) in [7, 11) is -0.144. The Morgan fingerprint density at radius 3 is 2.77 bits per heavy atom. The highest BCUT2D eigenvalue weighted by atomic mass is 31.2. The number of ether oxygens (including phenoxy) is 2. The van der Waals surface area contributed by atoms with Crippen molar-refractivity contribution in [3.63, 3.8) is 0 Å². The van der Waals surface area contributed by atoms with Crippen molar-refractivity contribution in [2.75, 3.05) is 20.4 Å². The molecule has 76 valence electrons. The first-order valence-corrected chi connectivity index (χ1v) is 6.09. The SMILES string of the molecule is B[C@@H]1OCC(OC)[C@@H]1OP(C)(=O)O. The Hall–Kier alpha value is 0.135. The molecule has 1 aliphatic rings. The van der Waals surface area contributed by atoms with E-state index in [1.165, 1.54) is 7.11 Å². The van der Waals surface area contributed by atoms with Crippen LogP contribution in [0.3, 0.4) is 0 Å². The average molecular weight is 208 g/mol. The standard InChI is InChI=1S/C6H14BO5P/c1-10-4-3-11-6(7)5(4)12-13(2,8)9/h4-6H,3,7H2,1-2H3,(H,8,9)/t4?,5-,6+/m0/s1. The van der Waals surface area contributed by atoms with Gasteiger partial charge in [-0.15, -0.1) is 0 Å². The van der Waals surface area contributed by atoms with E-state index in [-0.39, 0.29) is 12.1 Å². The molecule has 1 heterocycles. The van der Waals surface area contributed by atoms with E-state index in [1.54, 1.807) is 7.85 Å². The fourth-order valence-corrected chi connectivity index (χ4v) is 2.08. The van der Waals surface area contributed by atoms with Crippen LogP contribution in [0.2, 0.25) is 0 Å². The maximum absolute atomic E-state index is 11.0. The van der Waals surface area contributed by atoms with Gasteiger partial charge in [-0.25, -0.2) is 0 Å². The Kier molecular flexibility index (Phi) is 3.54. The lowest BCUT2D eigenvalue weighted by Crippen LogP contribution is -2.33. The summed E-state index contributed by atoms with van der Waals surface area (Å²) in [5.74, 6) is 0. The number of rotatable bonds is 3. The molecular formula is C6H14BO5P. The van der Waals surface area contributed by atoms with Crippen LogP contribution in [-0.4, -0.2) is 51.3 Å². The van der Waals surface area contributed by atoms with Gasteiger partial charge in [-0.1, -0.05) is 0 Å². The van der Waals surface area contributed by atoms with Gasteiger partial charge in [0.2, 0.25) is 0 Å². The normalized spacial score (nSPS) is 38.8. The largest absolute Gasteiger partial charge is 0.382 e. The predicted octanol–water partition coefficient (Wildman–Crippen LogP) is -0.809. The zero-order valence-electron chi connectivity index (χ0n) is 7.97. The van der Waals surface area contributed by atoms with Crippen molar-refractivity contribution in [2.45, 2.75) is 18.2 Å². The van der Waals surface area contributed by atoms with Crippen molar-refractivity contribution in [3.05, 3.63) is 0 Å². The van der Waals surface area contributed by atoms with Crippen molar-refractivity contribution in [3.8, 4) is 0 Å². The third-order valence-corrected chi connectivity index (χ3v) is 2.61. The van der Waals surface area contributed by atoms with Gasteiger partial charge in [-0.2, -0.15) is 0 Å². The van der Waals surface area contributed by atoms with E-state index in [4.69, 9.17) is 18.9 Å². The van der Waals surface area contributed by atoms with E-state index in [2.05, 4.69) is 0 Å². The lowest BCUT2D eigenvalue weighted by atomic mass is 9.94. The molecular weight excluding hydrogens is 194 g/mol. The third kappa shape index (κ3) is 3.07. The van der Waals surface area contributed by atoms with Crippen LogP contribution in [0.1, 0.15) is 0 Å². The monoisotopic (exact) mass is 208 g/mol. The van der Waals surface area contributed by atoms with Gasteiger partial charge in [0.05, 0.1) is 12.6 Å². The Bertz CT molecular complexity index is 217. The average Bonchev–Trinajstić information content (AvgIpc) is 2.30.